The van der Waals surface area contributed by atoms with Crippen LogP contribution < -0.4 is 10.9 Å². The highest BCUT2D eigenvalue weighted by Crippen LogP contribution is 2.28. The Kier molecular flexibility index (Phi) is 5.98. The van der Waals surface area contributed by atoms with Gasteiger partial charge in [-0.1, -0.05) is 49.9 Å². The highest BCUT2D eigenvalue weighted by atomic mass is 16.1. The van der Waals surface area contributed by atoms with E-state index in [1.807, 2.05) is 36.4 Å². The summed E-state index contributed by atoms with van der Waals surface area (Å²) in [5.41, 5.74) is 1.47. The second-order valence-corrected chi connectivity index (χ2v) is 7.78. The molecule has 0 saturated heterocycles. The third-order valence-corrected chi connectivity index (χ3v) is 5.71. The van der Waals surface area contributed by atoms with E-state index in [0.29, 0.717) is 36.5 Å². The Bertz CT molecular complexity index is 1040. The standard InChI is InChI=1S/C23H26N4O2/c28-22(12-11-17-6-1-2-7-17)25-15-21-19-9-3-4-10-20(19)23(29)27(26-21)16-18-8-5-13-24-14-18/h3-5,8-10,13-14,17H,1-2,6-7,11-12,15-16H2,(H,25,28). The molecule has 0 spiro atoms. The summed E-state index contributed by atoms with van der Waals surface area (Å²) in [6.45, 7) is 0.664. The second-order valence-electron chi connectivity index (χ2n) is 7.78. The van der Waals surface area contributed by atoms with Crippen molar-refractivity contribution >= 4 is 16.7 Å². The van der Waals surface area contributed by atoms with Crippen molar-refractivity contribution in [3.05, 3.63) is 70.4 Å². The molecular weight excluding hydrogens is 364 g/mol. The predicted octanol–water partition coefficient (Wildman–Crippen LogP) is 3.43. The Balaban J connectivity index is 1.52. The molecule has 1 N–H and O–H groups in total. The minimum absolute atomic E-state index is 0.0489. The molecule has 3 aromatic rings. The van der Waals surface area contributed by atoms with E-state index in [2.05, 4.69) is 15.4 Å². The summed E-state index contributed by atoms with van der Waals surface area (Å²) >= 11 is 0. The fraction of sp³-hybridized carbons (Fsp3) is 0.391. The Morgan fingerprint density at radius 2 is 1.90 bits per heavy atom. The SMILES string of the molecule is O=C(CCC1CCCC1)NCc1nn(Cc2cccnc2)c(=O)c2ccccc12. The van der Waals surface area contributed by atoms with Gasteiger partial charge in [0.2, 0.25) is 5.91 Å². The number of carbonyl (C=O) groups excluding carboxylic acids is 1. The van der Waals surface area contributed by atoms with Gasteiger partial charge < -0.3 is 5.32 Å². The first-order chi connectivity index (χ1) is 14.2. The molecule has 6 nitrogen and oxygen atoms in total. The maximum absolute atomic E-state index is 12.9. The highest BCUT2D eigenvalue weighted by molar-refractivity contribution is 5.84. The van der Waals surface area contributed by atoms with Gasteiger partial charge in [-0.3, -0.25) is 14.6 Å². The second kappa shape index (κ2) is 8.99. The van der Waals surface area contributed by atoms with Gasteiger partial charge in [0.15, 0.2) is 0 Å². The number of hydrogen-bond acceptors (Lipinski definition) is 4. The lowest BCUT2D eigenvalue weighted by atomic mass is 10.0. The summed E-state index contributed by atoms with van der Waals surface area (Å²) in [5.74, 6) is 0.744. The van der Waals surface area contributed by atoms with E-state index in [1.54, 1.807) is 12.4 Å². The van der Waals surface area contributed by atoms with Crippen LogP contribution in [0, 0.1) is 5.92 Å². The third kappa shape index (κ3) is 4.70. The molecular formula is C23H26N4O2. The molecule has 1 aliphatic carbocycles. The van der Waals surface area contributed by atoms with Crippen LogP contribution in [0.15, 0.2) is 53.6 Å². The summed E-state index contributed by atoms with van der Waals surface area (Å²) in [4.78, 5) is 29.3. The molecule has 2 heterocycles. The van der Waals surface area contributed by atoms with E-state index in [9.17, 15) is 9.59 Å². The zero-order valence-corrected chi connectivity index (χ0v) is 16.5. The van der Waals surface area contributed by atoms with E-state index in [4.69, 9.17) is 0 Å². The summed E-state index contributed by atoms with van der Waals surface area (Å²) < 4.78 is 1.46. The lowest BCUT2D eigenvalue weighted by Gasteiger charge is -2.12. The smallest absolute Gasteiger partial charge is 0.274 e. The zero-order valence-electron chi connectivity index (χ0n) is 16.5. The molecule has 4 rings (SSSR count). The first-order valence-electron chi connectivity index (χ1n) is 10.3. The molecule has 0 atom stereocenters. The molecule has 0 unspecified atom stereocenters. The minimum atomic E-state index is -0.138. The molecule has 1 fully saturated rings. The monoisotopic (exact) mass is 390 g/mol. The number of pyridine rings is 1. The summed E-state index contributed by atoms with van der Waals surface area (Å²) in [6.07, 6.45) is 10.0. The van der Waals surface area contributed by atoms with Gasteiger partial charge >= 0.3 is 0 Å². The van der Waals surface area contributed by atoms with Crippen LogP contribution in [-0.4, -0.2) is 20.7 Å². The molecule has 1 aliphatic rings. The van der Waals surface area contributed by atoms with E-state index in [1.165, 1.54) is 30.4 Å². The van der Waals surface area contributed by atoms with Gasteiger partial charge in [0, 0.05) is 24.2 Å². The number of benzene rings is 1. The van der Waals surface area contributed by atoms with Crippen molar-refractivity contribution in [3.63, 3.8) is 0 Å². The summed E-state index contributed by atoms with van der Waals surface area (Å²) in [7, 11) is 0. The number of carbonyl (C=O) groups is 1. The van der Waals surface area contributed by atoms with Crippen molar-refractivity contribution < 1.29 is 4.79 Å². The van der Waals surface area contributed by atoms with Crippen LogP contribution in [0.4, 0.5) is 0 Å². The highest BCUT2D eigenvalue weighted by Gasteiger charge is 2.17. The normalized spacial score (nSPS) is 14.3. The maximum Gasteiger partial charge on any atom is 0.274 e. The summed E-state index contributed by atoms with van der Waals surface area (Å²) in [5, 5.41) is 8.96. The molecule has 0 bridgehead atoms. The fourth-order valence-corrected chi connectivity index (χ4v) is 4.11. The van der Waals surface area contributed by atoms with Crippen molar-refractivity contribution in [2.45, 2.75) is 51.6 Å². The number of hydrogen-bond donors (Lipinski definition) is 1. The van der Waals surface area contributed by atoms with Gasteiger partial charge in [-0.2, -0.15) is 5.10 Å². The van der Waals surface area contributed by atoms with Gasteiger partial charge in [0.1, 0.15) is 0 Å². The van der Waals surface area contributed by atoms with E-state index >= 15 is 0 Å². The maximum atomic E-state index is 12.9. The average Bonchev–Trinajstić information content (AvgIpc) is 3.28. The molecule has 1 amide bonds. The Morgan fingerprint density at radius 3 is 2.66 bits per heavy atom. The largest absolute Gasteiger partial charge is 0.350 e. The number of aromatic nitrogens is 3. The average molecular weight is 390 g/mol. The van der Waals surface area contributed by atoms with Crippen LogP contribution in [0.1, 0.15) is 49.8 Å². The number of amides is 1. The van der Waals surface area contributed by atoms with E-state index in [-0.39, 0.29) is 11.5 Å². The van der Waals surface area contributed by atoms with Crippen LogP contribution >= 0.6 is 0 Å². The predicted molar refractivity (Wildman–Crippen MR) is 112 cm³/mol. The minimum Gasteiger partial charge on any atom is -0.350 e. The lowest BCUT2D eigenvalue weighted by Crippen LogP contribution is -2.29. The number of nitrogens with one attached hydrogen (secondary N) is 1. The topological polar surface area (TPSA) is 76.9 Å². The van der Waals surface area contributed by atoms with E-state index in [0.717, 1.165) is 17.4 Å². The molecule has 29 heavy (non-hydrogen) atoms. The van der Waals surface area contributed by atoms with Crippen LogP contribution in [0.5, 0.6) is 0 Å². The quantitative estimate of drug-likeness (QED) is 0.671. The molecule has 6 heteroatoms. The number of nitrogens with zero attached hydrogens (tertiary/aromatic N) is 3. The van der Waals surface area contributed by atoms with Crippen LogP contribution in [0.3, 0.4) is 0 Å². The molecule has 2 aromatic heterocycles. The number of fused-ring (bicyclic) bond motifs is 1. The van der Waals surface area contributed by atoms with Crippen LogP contribution in [0.2, 0.25) is 0 Å². The van der Waals surface area contributed by atoms with Crippen LogP contribution in [0.25, 0.3) is 10.8 Å². The van der Waals surface area contributed by atoms with Crippen molar-refractivity contribution in [1.29, 1.82) is 0 Å². The van der Waals surface area contributed by atoms with Crippen molar-refractivity contribution in [2.75, 3.05) is 0 Å². The summed E-state index contributed by atoms with van der Waals surface area (Å²) in [6, 6.07) is 11.2. The van der Waals surface area contributed by atoms with Gasteiger partial charge in [0.05, 0.1) is 24.2 Å². The Hall–Kier alpha value is -3.02. The third-order valence-electron chi connectivity index (χ3n) is 5.71. The van der Waals surface area contributed by atoms with Gasteiger partial charge in [-0.05, 0) is 30.0 Å². The molecule has 150 valence electrons. The van der Waals surface area contributed by atoms with Crippen molar-refractivity contribution in [1.82, 2.24) is 20.1 Å². The first kappa shape index (κ1) is 19.3. The van der Waals surface area contributed by atoms with Crippen molar-refractivity contribution in [2.24, 2.45) is 5.92 Å². The zero-order chi connectivity index (χ0) is 20.1. The Morgan fingerprint density at radius 1 is 1.10 bits per heavy atom. The van der Waals surface area contributed by atoms with Gasteiger partial charge in [-0.25, -0.2) is 4.68 Å². The fourth-order valence-electron chi connectivity index (χ4n) is 4.11. The number of rotatable bonds is 7. The Labute approximate surface area is 170 Å². The lowest BCUT2D eigenvalue weighted by molar-refractivity contribution is -0.121. The molecule has 1 saturated carbocycles. The van der Waals surface area contributed by atoms with Crippen LogP contribution in [-0.2, 0) is 17.9 Å². The molecule has 1 aromatic carbocycles. The molecule has 0 aliphatic heterocycles. The first-order valence-corrected chi connectivity index (χ1v) is 10.3. The molecule has 0 radical (unpaired) electrons. The van der Waals surface area contributed by atoms with Gasteiger partial charge in [-0.15, -0.1) is 0 Å². The van der Waals surface area contributed by atoms with Crippen molar-refractivity contribution in [3.8, 4) is 0 Å². The van der Waals surface area contributed by atoms with Gasteiger partial charge in [0.25, 0.3) is 5.56 Å². The van der Waals surface area contributed by atoms with E-state index < -0.39 is 0 Å².